The lowest BCUT2D eigenvalue weighted by Crippen LogP contribution is -2.48. The molecule has 0 aliphatic rings. The number of hydrogen-bond acceptors (Lipinski definition) is 3. The molecule has 3 nitrogen and oxygen atoms in total. The molecule has 0 aliphatic heterocycles. The van der Waals surface area contributed by atoms with E-state index >= 15 is 0 Å². The maximum atomic E-state index is 10.8. The Morgan fingerprint density at radius 2 is 2.08 bits per heavy atom. The van der Waals surface area contributed by atoms with Crippen molar-refractivity contribution in [1.29, 1.82) is 0 Å². The van der Waals surface area contributed by atoms with E-state index in [-0.39, 0.29) is 0 Å². The van der Waals surface area contributed by atoms with Crippen molar-refractivity contribution in [3.63, 3.8) is 0 Å². The Hall–Kier alpha value is -0.220. The topological polar surface area (TPSA) is 40.5 Å². The standard InChI is InChI=1S/C9H19NO2S/c1-5-13-7-6-10(4)9(2,3)8(11)12/h5-7H2,1-4H3,(H,11,12). The second-order valence-electron chi connectivity index (χ2n) is 3.48. The van der Waals surface area contributed by atoms with Gasteiger partial charge in [-0.25, -0.2) is 0 Å². The fraction of sp³-hybridized carbons (Fsp3) is 0.889. The Morgan fingerprint density at radius 1 is 1.54 bits per heavy atom. The van der Waals surface area contributed by atoms with E-state index in [0.717, 1.165) is 18.1 Å². The molecule has 0 amide bonds. The minimum atomic E-state index is -0.767. The van der Waals surface area contributed by atoms with Crippen molar-refractivity contribution >= 4 is 17.7 Å². The zero-order valence-electron chi connectivity index (χ0n) is 8.83. The van der Waals surface area contributed by atoms with Crippen LogP contribution in [0.15, 0.2) is 0 Å². The molecule has 0 aliphatic carbocycles. The highest BCUT2D eigenvalue weighted by Crippen LogP contribution is 2.13. The van der Waals surface area contributed by atoms with E-state index in [1.165, 1.54) is 0 Å². The van der Waals surface area contributed by atoms with Crippen LogP contribution in [0.1, 0.15) is 20.8 Å². The van der Waals surface area contributed by atoms with Crippen LogP contribution in [0.2, 0.25) is 0 Å². The van der Waals surface area contributed by atoms with Gasteiger partial charge in [-0.05, 0) is 26.6 Å². The molecule has 0 rings (SSSR count). The van der Waals surface area contributed by atoms with Crippen LogP contribution in [-0.4, -0.2) is 46.6 Å². The third-order valence-electron chi connectivity index (χ3n) is 2.25. The summed E-state index contributed by atoms with van der Waals surface area (Å²) in [5, 5.41) is 8.92. The summed E-state index contributed by atoms with van der Waals surface area (Å²) in [6.07, 6.45) is 0. The minimum Gasteiger partial charge on any atom is -0.480 e. The van der Waals surface area contributed by atoms with Crippen LogP contribution in [0.25, 0.3) is 0 Å². The first-order valence-electron chi connectivity index (χ1n) is 4.45. The summed E-state index contributed by atoms with van der Waals surface area (Å²) in [6.45, 7) is 6.38. The zero-order valence-corrected chi connectivity index (χ0v) is 9.65. The van der Waals surface area contributed by atoms with Gasteiger partial charge in [-0.3, -0.25) is 9.69 Å². The molecule has 0 heterocycles. The van der Waals surface area contributed by atoms with Crippen molar-refractivity contribution < 1.29 is 9.90 Å². The van der Waals surface area contributed by atoms with Crippen LogP contribution in [0.4, 0.5) is 0 Å². The maximum Gasteiger partial charge on any atom is 0.323 e. The van der Waals surface area contributed by atoms with E-state index in [0.29, 0.717) is 0 Å². The predicted octanol–water partition coefficient (Wildman–Crippen LogP) is 1.53. The molecule has 0 radical (unpaired) electrons. The van der Waals surface area contributed by atoms with Gasteiger partial charge in [-0.1, -0.05) is 6.92 Å². The maximum absolute atomic E-state index is 10.8. The molecule has 0 atom stereocenters. The molecule has 0 unspecified atom stereocenters. The van der Waals surface area contributed by atoms with Gasteiger partial charge in [0.15, 0.2) is 0 Å². The molecule has 0 spiro atoms. The Balaban J connectivity index is 3.94. The van der Waals surface area contributed by atoms with Gasteiger partial charge >= 0.3 is 5.97 Å². The second kappa shape index (κ2) is 5.50. The van der Waals surface area contributed by atoms with Crippen LogP contribution >= 0.6 is 11.8 Å². The van der Waals surface area contributed by atoms with Crippen molar-refractivity contribution in [3.05, 3.63) is 0 Å². The number of likely N-dealkylation sites (N-methyl/N-ethyl adjacent to an activating group) is 1. The normalized spacial score (nSPS) is 12.1. The van der Waals surface area contributed by atoms with E-state index in [1.54, 1.807) is 13.8 Å². The number of nitrogens with zero attached hydrogens (tertiary/aromatic N) is 1. The molecule has 0 aromatic rings. The molecule has 78 valence electrons. The molecule has 0 fully saturated rings. The quantitative estimate of drug-likeness (QED) is 0.668. The third-order valence-corrected chi connectivity index (χ3v) is 3.13. The molecule has 0 saturated carbocycles. The molecule has 0 saturated heterocycles. The molecule has 0 aromatic carbocycles. The Morgan fingerprint density at radius 3 is 2.46 bits per heavy atom. The number of carboxylic acid groups (broad SMARTS) is 1. The van der Waals surface area contributed by atoms with Crippen molar-refractivity contribution in [2.45, 2.75) is 26.3 Å². The summed E-state index contributed by atoms with van der Waals surface area (Å²) in [4.78, 5) is 12.7. The smallest absolute Gasteiger partial charge is 0.323 e. The SMILES string of the molecule is CCSCCN(C)C(C)(C)C(=O)O. The summed E-state index contributed by atoms with van der Waals surface area (Å²) in [7, 11) is 1.85. The first kappa shape index (κ1) is 12.8. The first-order valence-corrected chi connectivity index (χ1v) is 5.60. The van der Waals surface area contributed by atoms with Gasteiger partial charge < -0.3 is 5.11 Å². The van der Waals surface area contributed by atoms with E-state index in [1.807, 2.05) is 23.7 Å². The Kier molecular flexibility index (Phi) is 5.40. The molecular formula is C9H19NO2S. The number of carboxylic acids is 1. The van der Waals surface area contributed by atoms with Crippen LogP contribution in [-0.2, 0) is 4.79 Å². The Labute approximate surface area is 84.5 Å². The minimum absolute atomic E-state index is 0.756. The lowest BCUT2D eigenvalue weighted by Gasteiger charge is -2.31. The lowest BCUT2D eigenvalue weighted by atomic mass is 10.0. The number of aliphatic carboxylic acids is 1. The number of thioether (sulfide) groups is 1. The van der Waals surface area contributed by atoms with Crippen LogP contribution in [0.3, 0.4) is 0 Å². The summed E-state index contributed by atoms with van der Waals surface area (Å²) in [5.74, 6) is 1.31. The number of rotatable bonds is 6. The van der Waals surface area contributed by atoms with Gasteiger partial charge in [0, 0.05) is 12.3 Å². The summed E-state index contributed by atoms with van der Waals surface area (Å²) in [5.41, 5.74) is -0.756. The average molecular weight is 205 g/mol. The van der Waals surface area contributed by atoms with Crippen molar-refractivity contribution in [2.24, 2.45) is 0 Å². The highest BCUT2D eigenvalue weighted by Gasteiger charge is 2.31. The van der Waals surface area contributed by atoms with E-state index in [4.69, 9.17) is 5.11 Å². The largest absolute Gasteiger partial charge is 0.480 e. The molecule has 4 heteroatoms. The zero-order chi connectivity index (χ0) is 10.5. The van der Waals surface area contributed by atoms with E-state index in [9.17, 15) is 4.79 Å². The van der Waals surface area contributed by atoms with Gasteiger partial charge in [0.2, 0.25) is 0 Å². The Bertz CT molecular complexity index is 171. The molecule has 0 aromatic heterocycles. The fourth-order valence-electron chi connectivity index (χ4n) is 0.789. The monoisotopic (exact) mass is 205 g/mol. The second-order valence-corrected chi connectivity index (χ2v) is 4.88. The van der Waals surface area contributed by atoms with E-state index < -0.39 is 11.5 Å². The summed E-state index contributed by atoms with van der Waals surface area (Å²) in [6, 6.07) is 0. The van der Waals surface area contributed by atoms with Crippen molar-refractivity contribution in [3.8, 4) is 0 Å². The number of hydrogen-bond donors (Lipinski definition) is 1. The first-order chi connectivity index (χ1) is 5.92. The van der Waals surface area contributed by atoms with Gasteiger partial charge in [0.25, 0.3) is 0 Å². The number of carbonyl (C=O) groups is 1. The lowest BCUT2D eigenvalue weighted by molar-refractivity contribution is -0.148. The van der Waals surface area contributed by atoms with Gasteiger partial charge in [0.1, 0.15) is 5.54 Å². The highest BCUT2D eigenvalue weighted by molar-refractivity contribution is 7.99. The summed E-state index contributed by atoms with van der Waals surface area (Å²) < 4.78 is 0. The van der Waals surface area contributed by atoms with Gasteiger partial charge in [-0.15, -0.1) is 0 Å². The third kappa shape index (κ3) is 4.00. The molecular weight excluding hydrogens is 186 g/mol. The van der Waals surface area contributed by atoms with Crippen LogP contribution in [0, 0.1) is 0 Å². The van der Waals surface area contributed by atoms with Crippen molar-refractivity contribution in [2.75, 3.05) is 25.1 Å². The molecule has 0 bridgehead atoms. The van der Waals surface area contributed by atoms with Gasteiger partial charge in [0.05, 0.1) is 0 Å². The summed E-state index contributed by atoms with van der Waals surface area (Å²) >= 11 is 1.83. The highest BCUT2D eigenvalue weighted by atomic mass is 32.2. The molecule has 1 N–H and O–H groups in total. The van der Waals surface area contributed by atoms with Crippen LogP contribution in [0.5, 0.6) is 0 Å². The average Bonchev–Trinajstić information content (AvgIpc) is 2.04. The fourth-order valence-corrected chi connectivity index (χ4v) is 1.48. The van der Waals surface area contributed by atoms with Crippen molar-refractivity contribution in [1.82, 2.24) is 4.90 Å². The van der Waals surface area contributed by atoms with E-state index in [2.05, 4.69) is 6.92 Å². The van der Waals surface area contributed by atoms with Crippen LogP contribution < -0.4 is 0 Å². The predicted molar refractivity (Wildman–Crippen MR) is 57.3 cm³/mol. The molecule has 13 heavy (non-hydrogen) atoms. The van der Waals surface area contributed by atoms with Gasteiger partial charge in [-0.2, -0.15) is 11.8 Å².